The minimum absolute atomic E-state index is 0.0133. The predicted molar refractivity (Wildman–Crippen MR) is 107 cm³/mol. The molecule has 2 aliphatic rings. The Hall–Kier alpha value is 0.0138. The van der Waals surface area contributed by atoms with Crippen LogP contribution in [0.25, 0.3) is 0 Å². The fourth-order valence-electron chi connectivity index (χ4n) is 4.33. The minimum atomic E-state index is -2.49. The van der Waals surface area contributed by atoms with E-state index >= 15 is 0 Å². The van der Waals surface area contributed by atoms with Gasteiger partial charge in [-0.15, -0.1) is 6.58 Å². The molecule has 4 nitrogen and oxygen atoms in total. The number of hydrogen-bond acceptors (Lipinski definition) is 4. The summed E-state index contributed by atoms with van der Waals surface area (Å²) in [6, 6.07) is 0. The Morgan fingerprint density at radius 3 is 1.80 bits per heavy atom. The summed E-state index contributed by atoms with van der Waals surface area (Å²) in [6.45, 7) is 22.5. The van der Waals surface area contributed by atoms with E-state index in [1.165, 1.54) is 0 Å². The predicted octanol–water partition coefficient (Wildman–Crippen LogP) is 5.29. The van der Waals surface area contributed by atoms with E-state index in [4.69, 9.17) is 17.7 Å². The van der Waals surface area contributed by atoms with Crippen molar-refractivity contribution in [3.63, 3.8) is 0 Å². The van der Waals surface area contributed by atoms with E-state index in [-0.39, 0.29) is 18.3 Å². The van der Waals surface area contributed by atoms with Crippen molar-refractivity contribution in [1.29, 1.82) is 0 Å². The maximum Gasteiger partial charge on any atom is 0.335 e. The molecule has 0 aliphatic carbocycles. The van der Waals surface area contributed by atoms with Crippen LogP contribution in [0.3, 0.4) is 0 Å². The lowest BCUT2D eigenvalue weighted by atomic mass is 10.1. The first-order valence-corrected chi connectivity index (χ1v) is 13.8. The van der Waals surface area contributed by atoms with Gasteiger partial charge in [0.05, 0.1) is 18.8 Å². The second-order valence-corrected chi connectivity index (χ2v) is 17.7. The van der Waals surface area contributed by atoms with E-state index in [1.807, 2.05) is 6.08 Å². The fraction of sp³-hybridized carbons (Fsp3) is 0.895. The second kappa shape index (κ2) is 7.94. The zero-order chi connectivity index (χ0) is 19.0. The Morgan fingerprint density at radius 1 is 0.840 bits per heavy atom. The zero-order valence-electron chi connectivity index (χ0n) is 17.4. The van der Waals surface area contributed by atoms with Crippen LogP contribution in [-0.4, -0.2) is 42.0 Å². The summed E-state index contributed by atoms with van der Waals surface area (Å²) in [4.78, 5) is 0. The van der Waals surface area contributed by atoms with E-state index < -0.39 is 17.1 Å². The van der Waals surface area contributed by atoms with Crippen LogP contribution < -0.4 is 0 Å². The van der Waals surface area contributed by atoms with Gasteiger partial charge in [-0.25, -0.2) is 0 Å². The van der Waals surface area contributed by atoms with Crippen LogP contribution in [-0.2, 0) is 17.7 Å². The highest BCUT2D eigenvalue weighted by molar-refractivity contribution is 6.83. The van der Waals surface area contributed by atoms with E-state index in [2.05, 4.69) is 62.0 Å². The summed E-state index contributed by atoms with van der Waals surface area (Å²) in [5.74, 6) is 0. The van der Waals surface area contributed by atoms with Crippen molar-refractivity contribution >= 4 is 17.1 Å². The molecular weight excluding hydrogens is 348 g/mol. The summed E-state index contributed by atoms with van der Waals surface area (Å²) >= 11 is 0. The Labute approximate surface area is 156 Å². The van der Waals surface area contributed by atoms with Gasteiger partial charge in [0.15, 0.2) is 0 Å². The van der Waals surface area contributed by atoms with Crippen molar-refractivity contribution < 1.29 is 17.7 Å². The minimum Gasteiger partial charge on any atom is -0.414 e. The van der Waals surface area contributed by atoms with Crippen molar-refractivity contribution in [2.45, 2.75) is 102 Å². The number of fused-ring (bicyclic) bond motifs is 1. The summed E-state index contributed by atoms with van der Waals surface area (Å²) in [6.07, 6.45) is 2.83. The first-order chi connectivity index (χ1) is 11.6. The zero-order valence-corrected chi connectivity index (χ0v) is 19.4. The van der Waals surface area contributed by atoms with Gasteiger partial charge in [0, 0.05) is 6.42 Å². The smallest absolute Gasteiger partial charge is 0.335 e. The molecule has 2 aliphatic heterocycles. The van der Waals surface area contributed by atoms with Crippen molar-refractivity contribution in [3.05, 3.63) is 12.7 Å². The largest absolute Gasteiger partial charge is 0.414 e. The van der Waals surface area contributed by atoms with Gasteiger partial charge >= 0.3 is 17.1 Å². The van der Waals surface area contributed by atoms with Gasteiger partial charge < -0.3 is 17.7 Å². The first-order valence-electron chi connectivity index (χ1n) is 9.89. The highest BCUT2D eigenvalue weighted by Gasteiger charge is 2.59. The van der Waals surface area contributed by atoms with E-state index in [9.17, 15) is 0 Å². The molecule has 0 bridgehead atoms. The molecule has 0 N–H and O–H groups in total. The second-order valence-electron chi connectivity index (χ2n) is 8.82. The molecule has 2 heterocycles. The third-order valence-electron chi connectivity index (χ3n) is 5.84. The number of rotatable bonds is 5. The van der Waals surface area contributed by atoms with Crippen LogP contribution in [0.4, 0.5) is 0 Å². The van der Waals surface area contributed by atoms with Crippen LogP contribution in [0.5, 0.6) is 0 Å². The molecule has 25 heavy (non-hydrogen) atoms. The van der Waals surface area contributed by atoms with Crippen molar-refractivity contribution in [3.8, 4) is 0 Å². The van der Waals surface area contributed by atoms with Crippen LogP contribution in [0.1, 0.15) is 61.8 Å². The van der Waals surface area contributed by atoms with Crippen LogP contribution in [0.2, 0.25) is 22.2 Å². The van der Waals surface area contributed by atoms with Crippen LogP contribution in [0, 0.1) is 0 Å². The third-order valence-corrected chi connectivity index (χ3v) is 16.1. The topological polar surface area (TPSA) is 36.9 Å². The molecule has 2 saturated heterocycles. The molecular formula is C19H38O4Si2. The van der Waals surface area contributed by atoms with Crippen molar-refractivity contribution in [1.82, 2.24) is 0 Å². The Bertz CT molecular complexity index is 448. The molecule has 146 valence electrons. The molecule has 0 amide bonds. The lowest BCUT2D eigenvalue weighted by Crippen LogP contribution is -2.65. The van der Waals surface area contributed by atoms with Crippen LogP contribution in [0.15, 0.2) is 12.7 Å². The third kappa shape index (κ3) is 3.85. The summed E-state index contributed by atoms with van der Waals surface area (Å²) < 4.78 is 26.9. The molecule has 6 heteroatoms. The molecule has 3 atom stereocenters. The quantitative estimate of drug-likeness (QED) is 0.475. The van der Waals surface area contributed by atoms with E-state index in [0.29, 0.717) is 28.8 Å². The lowest BCUT2D eigenvalue weighted by molar-refractivity contribution is -0.0298. The van der Waals surface area contributed by atoms with Gasteiger partial charge in [0.25, 0.3) is 0 Å². The van der Waals surface area contributed by atoms with Gasteiger partial charge in [-0.1, -0.05) is 61.5 Å². The van der Waals surface area contributed by atoms with E-state index in [1.54, 1.807) is 0 Å². The van der Waals surface area contributed by atoms with E-state index in [0.717, 1.165) is 6.42 Å². The highest BCUT2D eigenvalue weighted by atomic mass is 28.5. The Balaban J connectivity index is 2.49. The molecule has 2 rings (SSSR count). The fourth-order valence-corrected chi connectivity index (χ4v) is 15.6. The average Bonchev–Trinajstić information content (AvgIpc) is 2.87. The number of ether oxygens (including phenoxy) is 1. The number of hydrogen-bond donors (Lipinski definition) is 0. The van der Waals surface area contributed by atoms with Gasteiger partial charge in [-0.2, -0.15) is 0 Å². The lowest BCUT2D eigenvalue weighted by Gasteiger charge is -2.51. The SMILES string of the molecule is C=C[C@H]1C[C@@H]2O[Si](C(C)C)(C(C)C)O[Si](C(C)C)(C(C)C)OC[C@H]2O1. The average molecular weight is 387 g/mol. The molecule has 0 radical (unpaired) electrons. The summed E-state index contributed by atoms with van der Waals surface area (Å²) in [5.41, 5.74) is 1.46. The molecule has 2 fully saturated rings. The molecule has 0 aromatic heterocycles. The summed E-state index contributed by atoms with van der Waals surface area (Å²) in [7, 11) is -4.93. The monoisotopic (exact) mass is 386 g/mol. The van der Waals surface area contributed by atoms with Gasteiger partial charge in [0.1, 0.15) is 6.10 Å². The molecule has 0 saturated carbocycles. The van der Waals surface area contributed by atoms with Gasteiger partial charge in [-0.05, 0) is 22.2 Å². The first kappa shape index (κ1) is 21.3. The molecule has 0 aromatic rings. The Kier molecular flexibility index (Phi) is 6.77. The molecule has 0 unspecified atom stereocenters. The normalized spacial score (nSPS) is 32.1. The standard InChI is InChI=1S/C19H38O4Si2/c1-10-17-11-18-19(21-17)12-20-24(13(2)3,14(4)5)23-25(22-18,15(6)7)16(8)9/h10,13-19H,1,11-12H2,2-9H3/t17-,18-,19+/m0/s1. The maximum absolute atomic E-state index is 7.14. The molecule has 0 aromatic carbocycles. The highest BCUT2D eigenvalue weighted by Crippen LogP contribution is 2.47. The van der Waals surface area contributed by atoms with Crippen molar-refractivity contribution in [2.75, 3.05) is 6.61 Å². The van der Waals surface area contributed by atoms with Gasteiger partial charge in [-0.3, -0.25) is 0 Å². The van der Waals surface area contributed by atoms with Crippen molar-refractivity contribution in [2.24, 2.45) is 0 Å². The van der Waals surface area contributed by atoms with Gasteiger partial charge in [0.2, 0.25) is 0 Å². The Morgan fingerprint density at radius 2 is 1.36 bits per heavy atom. The molecule has 0 spiro atoms. The maximum atomic E-state index is 7.14. The van der Waals surface area contributed by atoms with Crippen LogP contribution >= 0.6 is 0 Å². The summed E-state index contributed by atoms with van der Waals surface area (Å²) in [5, 5.41) is 0.